The number of unbranched alkanes of at least 4 members (excludes halogenated alkanes) is 1. The Balaban J connectivity index is 1.66. The molecule has 206 valence electrons. The maximum atomic E-state index is 13.6. The minimum atomic E-state index is -0.840. The quantitative estimate of drug-likeness (QED) is 0.415. The van der Waals surface area contributed by atoms with Gasteiger partial charge in [-0.15, -0.1) is 0 Å². The van der Waals surface area contributed by atoms with E-state index in [1.54, 1.807) is 7.11 Å². The number of methoxy groups -OCH3 is 1. The first kappa shape index (κ1) is 27.9. The largest absolute Gasteiger partial charge is 0.496 e. The SMILES string of the molecule is CCCCN(CCCN)C(=O)CN1C[C@H](c2ccc3c(c2)CCO3)[C@@H](C(=O)O)[C@@H]1Cc1ccccc1OC. The van der Waals surface area contributed by atoms with E-state index in [-0.39, 0.29) is 24.4 Å². The summed E-state index contributed by atoms with van der Waals surface area (Å²) < 4.78 is 11.3. The molecule has 0 radical (unpaired) electrons. The van der Waals surface area contributed by atoms with Crippen molar-refractivity contribution >= 4 is 11.9 Å². The molecule has 8 nitrogen and oxygen atoms in total. The molecule has 0 saturated carbocycles. The molecule has 4 rings (SSSR count). The van der Waals surface area contributed by atoms with E-state index in [1.807, 2.05) is 41.3 Å². The van der Waals surface area contributed by atoms with Crippen LogP contribution in [0.15, 0.2) is 42.5 Å². The lowest BCUT2D eigenvalue weighted by Crippen LogP contribution is -2.45. The lowest BCUT2D eigenvalue weighted by atomic mass is 9.82. The Bertz CT molecular complexity index is 1100. The predicted octanol–water partition coefficient (Wildman–Crippen LogP) is 3.32. The average molecular weight is 524 g/mol. The van der Waals surface area contributed by atoms with Gasteiger partial charge >= 0.3 is 5.97 Å². The number of likely N-dealkylation sites (tertiary alicyclic amines) is 1. The van der Waals surface area contributed by atoms with E-state index in [1.165, 1.54) is 0 Å². The Kier molecular flexibility index (Phi) is 9.63. The predicted molar refractivity (Wildman–Crippen MR) is 147 cm³/mol. The van der Waals surface area contributed by atoms with Crippen molar-refractivity contribution in [1.29, 1.82) is 0 Å². The molecule has 38 heavy (non-hydrogen) atoms. The van der Waals surface area contributed by atoms with Crippen LogP contribution in [0.3, 0.4) is 0 Å². The highest BCUT2D eigenvalue weighted by Gasteiger charge is 2.47. The smallest absolute Gasteiger partial charge is 0.308 e. The molecule has 0 spiro atoms. The molecular weight excluding hydrogens is 482 g/mol. The molecule has 0 unspecified atom stereocenters. The first-order chi connectivity index (χ1) is 18.5. The summed E-state index contributed by atoms with van der Waals surface area (Å²) in [4.78, 5) is 30.4. The van der Waals surface area contributed by atoms with E-state index in [4.69, 9.17) is 15.2 Å². The number of para-hydroxylation sites is 1. The summed E-state index contributed by atoms with van der Waals surface area (Å²) in [5.74, 6) is -0.104. The molecule has 2 aromatic rings. The topological polar surface area (TPSA) is 105 Å². The van der Waals surface area contributed by atoms with E-state index in [9.17, 15) is 14.7 Å². The van der Waals surface area contributed by atoms with E-state index < -0.39 is 11.9 Å². The Morgan fingerprint density at radius 1 is 1.18 bits per heavy atom. The van der Waals surface area contributed by atoms with Crippen molar-refractivity contribution in [3.63, 3.8) is 0 Å². The fourth-order valence-corrected chi connectivity index (χ4v) is 5.88. The van der Waals surface area contributed by atoms with Gasteiger partial charge in [0.25, 0.3) is 0 Å². The zero-order valence-corrected chi connectivity index (χ0v) is 22.6. The van der Waals surface area contributed by atoms with Gasteiger partial charge in [0.05, 0.1) is 26.2 Å². The van der Waals surface area contributed by atoms with Gasteiger partial charge in [-0.3, -0.25) is 14.5 Å². The molecule has 3 N–H and O–H groups in total. The number of benzene rings is 2. The minimum Gasteiger partial charge on any atom is -0.496 e. The number of hydrogen-bond acceptors (Lipinski definition) is 6. The van der Waals surface area contributed by atoms with Crippen molar-refractivity contribution in [3.8, 4) is 11.5 Å². The van der Waals surface area contributed by atoms with Crippen molar-refractivity contribution in [2.75, 3.05) is 46.4 Å². The number of carbonyl (C=O) groups excluding carboxylic acids is 1. The Morgan fingerprint density at radius 3 is 2.71 bits per heavy atom. The number of carboxylic acids is 1. The highest BCUT2D eigenvalue weighted by molar-refractivity contribution is 5.79. The van der Waals surface area contributed by atoms with Crippen LogP contribution in [0.5, 0.6) is 11.5 Å². The van der Waals surface area contributed by atoms with Crippen LogP contribution in [0.4, 0.5) is 0 Å². The molecule has 1 amide bonds. The zero-order chi connectivity index (χ0) is 27.1. The van der Waals surface area contributed by atoms with E-state index in [2.05, 4.69) is 17.9 Å². The van der Waals surface area contributed by atoms with E-state index >= 15 is 0 Å². The van der Waals surface area contributed by atoms with Crippen LogP contribution in [-0.2, 0) is 22.4 Å². The summed E-state index contributed by atoms with van der Waals surface area (Å²) in [5, 5.41) is 10.5. The molecule has 1 fully saturated rings. The maximum absolute atomic E-state index is 13.6. The van der Waals surface area contributed by atoms with E-state index in [0.29, 0.717) is 39.2 Å². The number of aliphatic carboxylic acids is 1. The fourth-order valence-electron chi connectivity index (χ4n) is 5.88. The van der Waals surface area contributed by atoms with Crippen LogP contribution >= 0.6 is 0 Å². The molecule has 8 heteroatoms. The normalized spacial score (nSPS) is 20.7. The van der Waals surface area contributed by atoms with Gasteiger partial charge in [-0.2, -0.15) is 0 Å². The van der Waals surface area contributed by atoms with Crippen LogP contribution in [0, 0.1) is 5.92 Å². The molecule has 0 aromatic heterocycles. The van der Waals surface area contributed by atoms with Gasteiger partial charge in [0.2, 0.25) is 5.91 Å². The summed E-state index contributed by atoms with van der Waals surface area (Å²) in [6.07, 6.45) is 3.98. The molecule has 3 atom stereocenters. The van der Waals surface area contributed by atoms with Crippen LogP contribution in [0.2, 0.25) is 0 Å². The van der Waals surface area contributed by atoms with Gasteiger partial charge in [-0.05, 0) is 54.6 Å². The summed E-state index contributed by atoms with van der Waals surface area (Å²) in [5.41, 5.74) is 8.80. The lowest BCUT2D eigenvalue weighted by Gasteiger charge is -2.30. The van der Waals surface area contributed by atoms with Gasteiger partial charge in [0.15, 0.2) is 0 Å². The number of rotatable bonds is 13. The third kappa shape index (κ3) is 6.30. The van der Waals surface area contributed by atoms with Gasteiger partial charge in [-0.25, -0.2) is 0 Å². The zero-order valence-electron chi connectivity index (χ0n) is 22.6. The molecule has 2 aromatic carbocycles. The van der Waals surface area contributed by atoms with Crippen molar-refractivity contribution in [2.45, 2.75) is 51.0 Å². The van der Waals surface area contributed by atoms with Crippen molar-refractivity contribution in [3.05, 3.63) is 59.2 Å². The molecule has 2 heterocycles. The van der Waals surface area contributed by atoms with Gasteiger partial charge < -0.3 is 25.2 Å². The summed E-state index contributed by atoms with van der Waals surface area (Å²) in [7, 11) is 1.63. The molecular formula is C30H41N3O5. The van der Waals surface area contributed by atoms with Crippen LogP contribution < -0.4 is 15.2 Å². The van der Waals surface area contributed by atoms with Crippen LogP contribution in [-0.4, -0.2) is 79.3 Å². The number of carbonyl (C=O) groups is 2. The van der Waals surface area contributed by atoms with Gasteiger partial charge in [0, 0.05) is 38.0 Å². The Labute approximate surface area is 225 Å². The minimum absolute atomic E-state index is 0.0315. The molecule has 1 saturated heterocycles. The van der Waals surface area contributed by atoms with Crippen molar-refractivity contribution in [2.24, 2.45) is 11.7 Å². The highest BCUT2D eigenvalue weighted by atomic mass is 16.5. The second kappa shape index (κ2) is 13.1. The third-order valence-electron chi connectivity index (χ3n) is 7.90. The first-order valence-corrected chi connectivity index (χ1v) is 13.8. The molecule has 2 aliphatic heterocycles. The summed E-state index contributed by atoms with van der Waals surface area (Å²) in [6.45, 7) is 5.29. The number of ether oxygens (including phenoxy) is 2. The van der Waals surface area contributed by atoms with Crippen molar-refractivity contribution in [1.82, 2.24) is 9.80 Å². The highest BCUT2D eigenvalue weighted by Crippen LogP contribution is 2.41. The Morgan fingerprint density at radius 2 is 1.97 bits per heavy atom. The molecule has 0 aliphatic carbocycles. The first-order valence-electron chi connectivity index (χ1n) is 13.8. The summed E-state index contributed by atoms with van der Waals surface area (Å²) >= 11 is 0. The number of fused-ring (bicyclic) bond motifs is 1. The number of hydrogen-bond donors (Lipinski definition) is 2. The maximum Gasteiger partial charge on any atom is 0.308 e. The summed E-state index contributed by atoms with van der Waals surface area (Å²) in [6, 6.07) is 13.4. The van der Waals surface area contributed by atoms with Crippen LogP contribution in [0.25, 0.3) is 0 Å². The van der Waals surface area contributed by atoms with Crippen LogP contribution in [0.1, 0.15) is 48.8 Å². The second-order valence-corrected chi connectivity index (χ2v) is 10.3. The van der Waals surface area contributed by atoms with E-state index in [0.717, 1.165) is 53.9 Å². The number of nitrogens with zero attached hydrogens (tertiary/aromatic N) is 2. The lowest BCUT2D eigenvalue weighted by molar-refractivity contribution is -0.143. The fraction of sp³-hybridized carbons (Fsp3) is 0.533. The number of nitrogens with two attached hydrogens (primary N) is 1. The monoisotopic (exact) mass is 523 g/mol. The standard InChI is InChI=1S/C30H41N3O5/c1-3-4-14-32(15-7-13-31)28(34)20-33-19-24(21-10-11-27-23(17-21)12-16-38-27)29(30(35)36)25(33)18-22-8-5-6-9-26(22)37-2/h5-6,8-11,17,24-25,29H,3-4,7,12-16,18-20,31H2,1-2H3,(H,35,36)/t24-,25+,29-/m1/s1. The molecule has 0 bridgehead atoms. The van der Waals surface area contributed by atoms with Gasteiger partial charge in [0.1, 0.15) is 11.5 Å². The van der Waals surface area contributed by atoms with Gasteiger partial charge in [-0.1, -0.05) is 43.7 Å². The number of carboxylic acid groups (broad SMARTS) is 1. The third-order valence-corrected chi connectivity index (χ3v) is 7.90. The Hall–Kier alpha value is -3.10. The second-order valence-electron chi connectivity index (χ2n) is 10.3. The molecule has 2 aliphatic rings. The van der Waals surface area contributed by atoms with Crippen molar-refractivity contribution < 1.29 is 24.2 Å². The average Bonchev–Trinajstić information content (AvgIpc) is 3.53. The number of amides is 1.